The Morgan fingerprint density at radius 3 is 2.84 bits per heavy atom. The molecule has 0 aromatic heterocycles. The molecule has 3 nitrogen and oxygen atoms in total. The molecule has 0 bridgehead atoms. The molecule has 1 heterocycles. The van der Waals surface area contributed by atoms with Crippen molar-refractivity contribution >= 4 is 11.6 Å². The lowest BCUT2D eigenvalue weighted by Gasteiger charge is -2.23. The van der Waals surface area contributed by atoms with Crippen molar-refractivity contribution in [1.82, 2.24) is 5.32 Å². The Labute approximate surface area is 120 Å². The Morgan fingerprint density at radius 1 is 1.42 bits per heavy atom. The summed E-state index contributed by atoms with van der Waals surface area (Å²) in [7, 11) is 1.94. The molecule has 1 aliphatic rings. The SMILES string of the molecule is CNC(C)c1cc(Cl)ccc1OCC1CCOCC1. The number of ether oxygens (including phenoxy) is 2. The topological polar surface area (TPSA) is 30.5 Å². The van der Waals surface area contributed by atoms with Gasteiger partial charge in [0.05, 0.1) is 6.61 Å². The van der Waals surface area contributed by atoms with Gasteiger partial charge in [-0.25, -0.2) is 0 Å². The average Bonchev–Trinajstić information content (AvgIpc) is 2.46. The molecule has 106 valence electrons. The quantitative estimate of drug-likeness (QED) is 0.898. The van der Waals surface area contributed by atoms with Gasteiger partial charge in [0, 0.05) is 29.8 Å². The minimum absolute atomic E-state index is 0.225. The van der Waals surface area contributed by atoms with E-state index in [0.717, 1.165) is 49.0 Å². The maximum absolute atomic E-state index is 6.07. The summed E-state index contributed by atoms with van der Waals surface area (Å²) in [5.41, 5.74) is 1.11. The van der Waals surface area contributed by atoms with Gasteiger partial charge in [-0.2, -0.15) is 0 Å². The molecule has 1 atom stereocenters. The summed E-state index contributed by atoms with van der Waals surface area (Å²) in [6.45, 7) is 4.57. The van der Waals surface area contributed by atoms with Crippen molar-refractivity contribution < 1.29 is 9.47 Å². The molecule has 0 aliphatic carbocycles. The molecule has 1 fully saturated rings. The van der Waals surface area contributed by atoms with E-state index in [1.54, 1.807) is 0 Å². The van der Waals surface area contributed by atoms with E-state index in [9.17, 15) is 0 Å². The standard InChI is InChI=1S/C15H22ClNO2/c1-11(17-2)14-9-13(16)3-4-15(14)19-10-12-5-7-18-8-6-12/h3-4,9,11-12,17H,5-8,10H2,1-2H3. The van der Waals surface area contributed by atoms with Crippen molar-refractivity contribution in [3.63, 3.8) is 0 Å². The van der Waals surface area contributed by atoms with E-state index in [-0.39, 0.29) is 6.04 Å². The number of benzene rings is 1. The fourth-order valence-corrected chi connectivity index (χ4v) is 2.45. The molecular weight excluding hydrogens is 262 g/mol. The lowest BCUT2D eigenvalue weighted by Crippen LogP contribution is -2.22. The lowest BCUT2D eigenvalue weighted by molar-refractivity contribution is 0.0495. The van der Waals surface area contributed by atoms with Crippen molar-refractivity contribution in [2.45, 2.75) is 25.8 Å². The van der Waals surface area contributed by atoms with E-state index in [4.69, 9.17) is 21.1 Å². The van der Waals surface area contributed by atoms with E-state index in [2.05, 4.69) is 12.2 Å². The number of rotatable bonds is 5. The molecule has 0 radical (unpaired) electrons. The van der Waals surface area contributed by atoms with Crippen LogP contribution in [0.4, 0.5) is 0 Å². The zero-order valence-electron chi connectivity index (χ0n) is 11.6. The van der Waals surface area contributed by atoms with Crippen LogP contribution >= 0.6 is 11.6 Å². The van der Waals surface area contributed by atoms with Crippen LogP contribution in [-0.4, -0.2) is 26.9 Å². The van der Waals surface area contributed by atoms with Crippen molar-refractivity contribution in [3.05, 3.63) is 28.8 Å². The summed E-state index contributed by atoms with van der Waals surface area (Å²) in [6.07, 6.45) is 2.18. The number of nitrogens with one attached hydrogen (secondary N) is 1. The smallest absolute Gasteiger partial charge is 0.124 e. The van der Waals surface area contributed by atoms with Gasteiger partial charge in [0.25, 0.3) is 0 Å². The first-order valence-electron chi connectivity index (χ1n) is 6.88. The van der Waals surface area contributed by atoms with Crippen LogP contribution in [0.3, 0.4) is 0 Å². The van der Waals surface area contributed by atoms with E-state index >= 15 is 0 Å². The van der Waals surface area contributed by atoms with Crippen LogP contribution in [0.5, 0.6) is 5.75 Å². The van der Waals surface area contributed by atoms with Crippen LogP contribution in [0.15, 0.2) is 18.2 Å². The first-order valence-corrected chi connectivity index (χ1v) is 7.25. The minimum Gasteiger partial charge on any atom is -0.493 e. The Kier molecular flexibility index (Phi) is 5.49. The second-order valence-corrected chi connectivity index (χ2v) is 5.50. The predicted octanol–water partition coefficient (Wildman–Crippen LogP) is 3.43. The van der Waals surface area contributed by atoms with Gasteiger partial charge in [-0.3, -0.25) is 0 Å². The molecule has 1 aromatic carbocycles. The highest BCUT2D eigenvalue weighted by atomic mass is 35.5. The van der Waals surface area contributed by atoms with E-state index in [1.807, 2.05) is 25.2 Å². The highest BCUT2D eigenvalue weighted by Gasteiger charge is 2.16. The molecular formula is C15H22ClNO2. The summed E-state index contributed by atoms with van der Waals surface area (Å²) < 4.78 is 11.4. The fourth-order valence-electron chi connectivity index (χ4n) is 2.27. The highest BCUT2D eigenvalue weighted by Crippen LogP contribution is 2.29. The van der Waals surface area contributed by atoms with Crippen LogP contribution < -0.4 is 10.1 Å². The van der Waals surface area contributed by atoms with Gasteiger partial charge in [0.1, 0.15) is 5.75 Å². The van der Waals surface area contributed by atoms with Gasteiger partial charge in [-0.05, 0) is 50.9 Å². The molecule has 2 rings (SSSR count). The average molecular weight is 284 g/mol. The third-order valence-electron chi connectivity index (χ3n) is 3.69. The van der Waals surface area contributed by atoms with E-state index < -0.39 is 0 Å². The fraction of sp³-hybridized carbons (Fsp3) is 0.600. The predicted molar refractivity (Wildman–Crippen MR) is 78.0 cm³/mol. The first kappa shape index (κ1) is 14.6. The molecule has 0 spiro atoms. The summed E-state index contributed by atoms with van der Waals surface area (Å²) in [4.78, 5) is 0. The van der Waals surface area contributed by atoms with Crippen molar-refractivity contribution in [2.75, 3.05) is 26.9 Å². The second-order valence-electron chi connectivity index (χ2n) is 5.06. The van der Waals surface area contributed by atoms with Gasteiger partial charge in [0.2, 0.25) is 0 Å². The Morgan fingerprint density at radius 2 is 2.16 bits per heavy atom. The monoisotopic (exact) mass is 283 g/mol. The Hall–Kier alpha value is -0.770. The number of hydrogen-bond donors (Lipinski definition) is 1. The Balaban J connectivity index is 2.02. The van der Waals surface area contributed by atoms with Crippen LogP contribution in [0.2, 0.25) is 5.02 Å². The summed E-state index contributed by atoms with van der Waals surface area (Å²) in [6, 6.07) is 6.04. The molecule has 4 heteroatoms. The zero-order valence-corrected chi connectivity index (χ0v) is 12.4. The number of halogens is 1. The van der Waals surface area contributed by atoms with Crippen LogP contribution in [0.1, 0.15) is 31.4 Å². The lowest BCUT2D eigenvalue weighted by atomic mass is 10.0. The highest BCUT2D eigenvalue weighted by molar-refractivity contribution is 6.30. The van der Waals surface area contributed by atoms with Gasteiger partial charge in [-0.15, -0.1) is 0 Å². The molecule has 0 amide bonds. The molecule has 19 heavy (non-hydrogen) atoms. The van der Waals surface area contributed by atoms with Crippen LogP contribution in [0, 0.1) is 5.92 Å². The maximum Gasteiger partial charge on any atom is 0.124 e. The largest absolute Gasteiger partial charge is 0.493 e. The molecule has 0 saturated carbocycles. The minimum atomic E-state index is 0.225. The summed E-state index contributed by atoms with van der Waals surface area (Å²) in [5, 5.41) is 3.97. The zero-order chi connectivity index (χ0) is 13.7. The number of hydrogen-bond acceptors (Lipinski definition) is 3. The Bertz CT molecular complexity index is 405. The van der Waals surface area contributed by atoms with Gasteiger partial charge >= 0.3 is 0 Å². The molecule has 1 saturated heterocycles. The van der Waals surface area contributed by atoms with Crippen molar-refractivity contribution in [3.8, 4) is 5.75 Å². The van der Waals surface area contributed by atoms with Gasteiger partial charge < -0.3 is 14.8 Å². The van der Waals surface area contributed by atoms with Crippen molar-refractivity contribution in [2.24, 2.45) is 5.92 Å². The van der Waals surface area contributed by atoms with Crippen LogP contribution in [-0.2, 0) is 4.74 Å². The maximum atomic E-state index is 6.07. The molecule has 1 aliphatic heterocycles. The third-order valence-corrected chi connectivity index (χ3v) is 3.92. The normalized spacial score (nSPS) is 18.3. The first-order chi connectivity index (χ1) is 9.20. The second kappa shape index (κ2) is 7.13. The molecule has 1 unspecified atom stereocenters. The third kappa shape index (κ3) is 4.10. The van der Waals surface area contributed by atoms with Gasteiger partial charge in [0.15, 0.2) is 0 Å². The molecule has 1 aromatic rings. The van der Waals surface area contributed by atoms with Crippen LogP contribution in [0.25, 0.3) is 0 Å². The van der Waals surface area contributed by atoms with E-state index in [1.165, 1.54) is 0 Å². The van der Waals surface area contributed by atoms with Crippen molar-refractivity contribution in [1.29, 1.82) is 0 Å². The van der Waals surface area contributed by atoms with Gasteiger partial charge in [-0.1, -0.05) is 11.6 Å². The molecule has 1 N–H and O–H groups in total. The summed E-state index contributed by atoms with van der Waals surface area (Å²) in [5.74, 6) is 1.53. The summed E-state index contributed by atoms with van der Waals surface area (Å²) >= 11 is 6.07. The van der Waals surface area contributed by atoms with E-state index in [0.29, 0.717) is 5.92 Å².